The van der Waals surface area contributed by atoms with E-state index in [9.17, 15) is 4.79 Å². The molecule has 2 rings (SSSR count). The van der Waals surface area contributed by atoms with Crippen LogP contribution >= 0.6 is 0 Å². The van der Waals surface area contributed by atoms with E-state index in [2.05, 4.69) is 25.1 Å². The van der Waals surface area contributed by atoms with Crippen molar-refractivity contribution in [2.45, 2.75) is 13.5 Å². The Labute approximate surface area is 88.5 Å². The third kappa shape index (κ3) is 2.15. The molecule has 0 amide bonds. The largest absolute Gasteiger partial charge is 0.463 e. The molecule has 76 valence electrons. The molecule has 0 fully saturated rings. The summed E-state index contributed by atoms with van der Waals surface area (Å²) >= 11 is 0. The summed E-state index contributed by atoms with van der Waals surface area (Å²) in [6, 6.07) is 12.4. The summed E-state index contributed by atoms with van der Waals surface area (Å²) in [6.07, 6.45) is 0. The summed E-state index contributed by atoms with van der Waals surface area (Å²) in [5.74, 6) is 0. The van der Waals surface area contributed by atoms with Gasteiger partial charge in [0.2, 0.25) is 0 Å². The van der Waals surface area contributed by atoms with Crippen LogP contribution in [-0.4, -0.2) is 6.47 Å². The molecule has 0 radical (unpaired) electrons. The first kappa shape index (κ1) is 9.71. The summed E-state index contributed by atoms with van der Waals surface area (Å²) < 4.78 is 4.71. The van der Waals surface area contributed by atoms with Crippen LogP contribution in [0.15, 0.2) is 36.4 Å². The summed E-state index contributed by atoms with van der Waals surface area (Å²) in [7, 11) is 0. The van der Waals surface area contributed by atoms with Gasteiger partial charge in [-0.15, -0.1) is 0 Å². The van der Waals surface area contributed by atoms with E-state index in [1.165, 1.54) is 16.3 Å². The van der Waals surface area contributed by atoms with E-state index in [4.69, 9.17) is 4.74 Å². The first-order chi connectivity index (χ1) is 7.29. The Morgan fingerprint density at radius 3 is 2.67 bits per heavy atom. The highest BCUT2D eigenvalue weighted by Gasteiger charge is 1.97. The Morgan fingerprint density at radius 2 is 1.87 bits per heavy atom. The first-order valence-electron chi connectivity index (χ1n) is 4.84. The zero-order chi connectivity index (χ0) is 10.7. The van der Waals surface area contributed by atoms with Crippen LogP contribution in [0.3, 0.4) is 0 Å². The van der Waals surface area contributed by atoms with Crippen LogP contribution in [0.25, 0.3) is 10.8 Å². The van der Waals surface area contributed by atoms with Crippen LogP contribution in [0.2, 0.25) is 0 Å². The van der Waals surface area contributed by atoms with Crippen molar-refractivity contribution in [3.05, 3.63) is 47.5 Å². The second kappa shape index (κ2) is 4.13. The van der Waals surface area contributed by atoms with Gasteiger partial charge in [0.1, 0.15) is 6.61 Å². The molecule has 2 aromatic rings. The fourth-order valence-corrected chi connectivity index (χ4v) is 1.63. The highest BCUT2D eigenvalue weighted by molar-refractivity contribution is 5.83. The molecule has 0 aliphatic heterocycles. The lowest BCUT2D eigenvalue weighted by atomic mass is 10.1. The Morgan fingerprint density at radius 1 is 1.13 bits per heavy atom. The molecule has 0 N–H and O–H groups in total. The summed E-state index contributed by atoms with van der Waals surface area (Å²) in [5, 5.41) is 2.39. The van der Waals surface area contributed by atoms with Crippen molar-refractivity contribution in [1.82, 2.24) is 0 Å². The van der Waals surface area contributed by atoms with Gasteiger partial charge in [0.05, 0.1) is 0 Å². The minimum Gasteiger partial charge on any atom is -0.463 e. The van der Waals surface area contributed by atoms with Gasteiger partial charge in [0, 0.05) is 0 Å². The van der Waals surface area contributed by atoms with Gasteiger partial charge < -0.3 is 4.74 Å². The molecule has 0 heterocycles. The first-order valence-corrected chi connectivity index (χ1v) is 4.84. The van der Waals surface area contributed by atoms with Crippen molar-refractivity contribution in [2.75, 3.05) is 0 Å². The SMILES string of the molecule is Cc1ccc2cc(COC=O)ccc2c1. The van der Waals surface area contributed by atoms with E-state index in [1.54, 1.807) is 0 Å². The molecule has 2 heteroatoms. The quantitative estimate of drug-likeness (QED) is 0.712. The minimum absolute atomic E-state index is 0.341. The highest BCUT2D eigenvalue weighted by Crippen LogP contribution is 2.17. The smallest absolute Gasteiger partial charge is 0.293 e. The minimum atomic E-state index is 0.341. The van der Waals surface area contributed by atoms with Crippen LogP contribution in [0, 0.1) is 6.92 Å². The molecule has 0 spiro atoms. The van der Waals surface area contributed by atoms with Gasteiger partial charge in [-0.25, -0.2) is 0 Å². The summed E-state index contributed by atoms with van der Waals surface area (Å²) in [5.41, 5.74) is 2.26. The number of carbonyl (C=O) groups is 1. The summed E-state index contributed by atoms with van der Waals surface area (Å²) in [4.78, 5) is 10.1. The normalized spacial score (nSPS) is 10.2. The number of aryl methyl sites for hydroxylation is 1. The van der Waals surface area contributed by atoms with Crippen molar-refractivity contribution in [3.63, 3.8) is 0 Å². The van der Waals surface area contributed by atoms with Gasteiger partial charge in [-0.1, -0.05) is 35.9 Å². The molecule has 0 unspecified atom stereocenters. The summed E-state index contributed by atoms with van der Waals surface area (Å²) in [6.45, 7) is 2.88. The standard InChI is InChI=1S/C13H12O2/c1-10-2-4-13-7-11(8-15-9-14)3-5-12(13)6-10/h2-7,9H,8H2,1H3. The molecule has 2 aromatic carbocycles. The molecule has 0 saturated carbocycles. The van der Waals surface area contributed by atoms with Gasteiger partial charge >= 0.3 is 0 Å². The van der Waals surface area contributed by atoms with Crippen molar-refractivity contribution in [1.29, 1.82) is 0 Å². The highest BCUT2D eigenvalue weighted by atomic mass is 16.5. The van der Waals surface area contributed by atoms with Crippen LogP contribution in [0.5, 0.6) is 0 Å². The van der Waals surface area contributed by atoms with Gasteiger partial charge in [0.15, 0.2) is 0 Å². The second-order valence-electron chi connectivity index (χ2n) is 3.59. The number of carbonyl (C=O) groups excluding carboxylic acids is 1. The maximum Gasteiger partial charge on any atom is 0.293 e. The lowest BCUT2D eigenvalue weighted by Gasteiger charge is -2.03. The number of hydrogen-bond donors (Lipinski definition) is 0. The van der Waals surface area contributed by atoms with Gasteiger partial charge in [-0.05, 0) is 29.3 Å². The fourth-order valence-electron chi connectivity index (χ4n) is 1.63. The molecule has 15 heavy (non-hydrogen) atoms. The molecule has 0 saturated heterocycles. The molecular formula is C13H12O2. The lowest BCUT2D eigenvalue weighted by Crippen LogP contribution is -1.89. The topological polar surface area (TPSA) is 26.3 Å². The number of ether oxygens (including phenoxy) is 1. The molecule has 0 aromatic heterocycles. The zero-order valence-electron chi connectivity index (χ0n) is 8.57. The maximum absolute atomic E-state index is 10.1. The third-order valence-electron chi connectivity index (χ3n) is 2.38. The van der Waals surface area contributed by atoms with Crippen molar-refractivity contribution in [3.8, 4) is 0 Å². The zero-order valence-corrected chi connectivity index (χ0v) is 8.57. The number of benzene rings is 2. The van der Waals surface area contributed by atoms with Crippen LogP contribution in [0.4, 0.5) is 0 Å². The monoisotopic (exact) mass is 200 g/mol. The van der Waals surface area contributed by atoms with E-state index >= 15 is 0 Å². The van der Waals surface area contributed by atoms with Gasteiger partial charge in [-0.3, -0.25) is 4.79 Å². The molecule has 0 atom stereocenters. The predicted molar refractivity (Wildman–Crippen MR) is 59.5 cm³/mol. The van der Waals surface area contributed by atoms with E-state index in [1.807, 2.05) is 18.2 Å². The van der Waals surface area contributed by atoms with Gasteiger partial charge in [0.25, 0.3) is 6.47 Å². The fraction of sp³-hybridized carbons (Fsp3) is 0.154. The van der Waals surface area contributed by atoms with E-state index in [0.717, 1.165) is 5.56 Å². The number of hydrogen-bond acceptors (Lipinski definition) is 2. The predicted octanol–water partition coefficient (Wildman–Crippen LogP) is 2.82. The average Bonchev–Trinajstić information content (AvgIpc) is 2.26. The second-order valence-corrected chi connectivity index (χ2v) is 3.59. The van der Waals surface area contributed by atoms with E-state index < -0.39 is 0 Å². The number of rotatable bonds is 3. The van der Waals surface area contributed by atoms with E-state index in [0.29, 0.717) is 13.1 Å². The number of fused-ring (bicyclic) bond motifs is 1. The lowest BCUT2D eigenvalue weighted by molar-refractivity contribution is -0.129. The Kier molecular flexibility index (Phi) is 2.68. The Hall–Kier alpha value is -1.83. The van der Waals surface area contributed by atoms with Crippen LogP contribution in [-0.2, 0) is 16.1 Å². The van der Waals surface area contributed by atoms with Crippen molar-refractivity contribution >= 4 is 17.2 Å². The molecule has 2 nitrogen and oxygen atoms in total. The van der Waals surface area contributed by atoms with Crippen LogP contribution < -0.4 is 0 Å². The average molecular weight is 200 g/mol. The van der Waals surface area contributed by atoms with Crippen molar-refractivity contribution < 1.29 is 9.53 Å². The Bertz CT molecular complexity index is 489. The maximum atomic E-state index is 10.1. The third-order valence-corrected chi connectivity index (χ3v) is 2.38. The molecule has 0 bridgehead atoms. The molecule has 0 aliphatic rings. The molecular weight excluding hydrogens is 188 g/mol. The van der Waals surface area contributed by atoms with Gasteiger partial charge in [-0.2, -0.15) is 0 Å². The Balaban J connectivity index is 2.38. The van der Waals surface area contributed by atoms with Crippen LogP contribution in [0.1, 0.15) is 11.1 Å². The van der Waals surface area contributed by atoms with E-state index in [-0.39, 0.29) is 0 Å². The molecule has 0 aliphatic carbocycles. The van der Waals surface area contributed by atoms with Crippen molar-refractivity contribution in [2.24, 2.45) is 0 Å².